The third-order valence-electron chi connectivity index (χ3n) is 2.88. The minimum absolute atomic E-state index is 0.190. The molecular formula is C16H24N2O3. The molecule has 1 aromatic carbocycles. The highest BCUT2D eigenvalue weighted by atomic mass is 16.5. The number of hydrogen-bond donors (Lipinski definition) is 2. The molecule has 21 heavy (non-hydrogen) atoms. The Hall–Kier alpha value is -1.61. The molecule has 1 atom stereocenters. The lowest BCUT2D eigenvalue weighted by Crippen LogP contribution is -2.26. The fraction of sp³-hybridized carbons (Fsp3) is 0.562. The van der Waals surface area contributed by atoms with Crippen molar-refractivity contribution in [3.63, 3.8) is 0 Å². The lowest BCUT2D eigenvalue weighted by Gasteiger charge is -2.15. The highest BCUT2D eigenvalue weighted by Gasteiger charge is 2.06. The van der Waals surface area contributed by atoms with Crippen molar-refractivity contribution in [3.8, 4) is 6.07 Å². The summed E-state index contributed by atoms with van der Waals surface area (Å²) in [7, 11) is 0. The van der Waals surface area contributed by atoms with E-state index in [0.717, 1.165) is 11.3 Å². The van der Waals surface area contributed by atoms with Gasteiger partial charge in [-0.3, -0.25) is 0 Å². The molecule has 0 amide bonds. The van der Waals surface area contributed by atoms with Crippen LogP contribution in [0.1, 0.15) is 25.0 Å². The normalized spacial score (nSPS) is 12.2. The van der Waals surface area contributed by atoms with Crippen molar-refractivity contribution in [2.45, 2.75) is 33.0 Å². The molecule has 0 aliphatic rings. The van der Waals surface area contributed by atoms with E-state index in [4.69, 9.17) is 14.7 Å². The maximum absolute atomic E-state index is 9.84. The molecule has 0 aromatic heterocycles. The molecule has 0 heterocycles. The van der Waals surface area contributed by atoms with Crippen LogP contribution in [0.25, 0.3) is 0 Å². The van der Waals surface area contributed by atoms with Gasteiger partial charge in [0, 0.05) is 12.2 Å². The molecule has 0 aliphatic heterocycles. The van der Waals surface area contributed by atoms with Crippen LogP contribution in [0.15, 0.2) is 18.2 Å². The van der Waals surface area contributed by atoms with E-state index in [1.165, 1.54) is 0 Å². The lowest BCUT2D eigenvalue weighted by molar-refractivity contribution is -0.00734. The molecule has 0 saturated heterocycles. The summed E-state index contributed by atoms with van der Waals surface area (Å²) in [6.45, 7) is 7.52. The standard InChI is InChI=1S/C16H24N2O3/c1-12(2)21-7-6-20-11-15(19)10-18-16-8-14(9-17)5-4-13(16)3/h4-5,8,12,15,18-19H,6-7,10-11H2,1-3H3. The van der Waals surface area contributed by atoms with Crippen LogP contribution in [-0.4, -0.2) is 43.7 Å². The molecular weight excluding hydrogens is 268 g/mol. The zero-order valence-corrected chi connectivity index (χ0v) is 12.9. The first-order chi connectivity index (χ1) is 10.0. The molecule has 0 radical (unpaired) electrons. The Morgan fingerprint density at radius 2 is 2.10 bits per heavy atom. The van der Waals surface area contributed by atoms with Gasteiger partial charge in [-0.15, -0.1) is 0 Å². The first-order valence-electron chi connectivity index (χ1n) is 7.15. The summed E-state index contributed by atoms with van der Waals surface area (Å²) in [5.41, 5.74) is 2.49. The number of benzene rings is 1. The molecule has 1 aromatic rings. The van der Waals surface area contributed by atoms with Gasteiger partial charge in [0.15, 0.2) is 0 Å². The minimum Gasteiger partial charge on any atom is -0.389 e. The molecule has 5 nitrogen and oxygen atoms in total. The summed E-state index contributed by atoms with van der Waals surface area (Å²) in [4.78, 5) is 0. The van der Waals surface area contributed by atoms with E-state index in [1.54, 1.807) is 12.1 Å². The van der Waals surface area contributed by atoms with Crippen LogP contribution in [-0.2, 0) is 9.47 Å². The summed E-state index contributed by atoms with van der Waals surface area (Å²) in [5.74, 6) is 0. The van der Waals surface area contributed by atoms with Crippen molar-refractivity contribution in [2.24, 2.45) is 0 Å². The summed E-state index contributed by atoms with van der Waals surface area (Å²) < 4.78 is 10.7. The predicted molar refractivity (Wildman–Crippen MR) is 82.3 cm³/mol. The van der Waals surface area contributed by atoms with Crippen LogP contribution >= 0.6 is 0 Å². The summed E-state index contributed by atoms with van der Waals surface area (Å²) >= 11 is 0. The number of aliphatic hydroxyl groups excluding tert-OH is 1. The maximum atomic E-state index is 9.84. The average Bonchev–Trinajstić information content (AvgIpc) is 2.45. The molecule has 0 aliphatic carbocycles. The number of aryl methyl sites for hydroxylation is 1. The summed E-state index contributed by atoms with van der Waals surface area (Å²) in [6, 6.07) is 7.53. The number of nitrogens with one attached hydrogen (secondary N) is 1. The number of anilines is 1. The largest absolute Gasteiger partial charge is 0.389 e. The topological polar surface area (TPSA) is 74.5 Å². The minimum atomic E-state index is -0.603. The second-order valence-corrected chi connectivity index (χ2v) is 5.17. The monoisotopic (exact) mass is 292 g/mol. The quantitative estimate of drug-likeness (QED) is 0.682. The number of nitrogens with zero attached hydrogens (tertiary/aromatic N) is 1. The highest BCUT2D eigenvalue weighted by molar-refractivity contribution is 5.55. The van der Waals surface area contributed by atoms with Gasteiger partial charge >= 0.3 is 0 Å². The fourth-order valence-corrected chi connectivity index (χ4v) is 1.73. The SMILES string of the molecule is Cc1ccc(C#N)cc1NCC(O)COCCOC(C)C. The van der Waals surface area contributed by atoms with Gasteiger partial charge < -0.3 is 19.9 Å². The molecule has 0 bridgehead atoms. The molecule has 0 spiro atoms. The molecule has 1 unspecified atom stereocenters. The van der Waals surface area contributed by atoms with Gasteiger partial charge in [0.1, 0.15) is 0 Å². The van der Waals surface area contributed by atoms with E-state index in [1.807, 2.05) is 26.8 Å². The summed E-state index contributed by atoms with van der Waals surface area (Å²) in [6.07, 6.45) is -0.412. The second kappa shape index (κ2) is 9.35. The number of nitriles is 1. The Bertz CT molecular complexity index is 469. The van der Waals surface area contributed by atoms with Crippen LogP contribution in [0.4, 0.5) is 5.69 Å². The van der Waals surface area contributed by atoms with Gasteiger partial charge in [-0.2, -0.15) is 5.26 Å². The smallest absolute Gasteiger partial charge is 0.0992 e. The zero-order valence-electron chi connectivity index (χ0n) is 12.9. The highest BCUT2D eigenvalue weighted by Crippen LogP contribution is 2.16. The third kappa shape index (κ3) is 7.09. The number of hydrogen-bond acceptors (Lipinski definition) is 5. The van der Waals surface area contributed by atoms with Crippen molar-refractivity contribution in [2.75, 3.05) is 31.7 Å². The van der Waals surface area contributed by atoms with Crippen LogP contribution in [0.2, 0.25) is 0 Å². The van der Waals surface area contributed by atoms with E-state index in [9.17, 15) is 5.11 Å². The van der Waals surface area contributed by atoms with E-state index < -0.39 is 6.10 Å². The van der Waals surface area contributed by atoms with E-state index in [0.29, 0.717) is 25.3 Å². The van der Waals surface area contributed by atoms with Gasteiger partial charge in [-0.05, 0) is 38.5 Å². The molecule has 5 heteroatoms. The lowest BCUT2D eigenvalue weighted by atomic mass is 10.1. The van der Waals surface area contributed by atoms with Crippen molar-refractivity contribution < 1.29 is 14.6 Å². The predicted octanol–water partition coefficient (Wildman–Crippen LogP) is 2.08. The number of rotatable bonds is 9. The van der Waals surface area contributed by atoms with Gasteiger partial charge in [0.2, 0.25) is 0 Å². The number of aliphatic hydroxyl groups is 1. The van der Waals surface area contributed by atoms with Gasteiger partial charge in [0.25, 0.3) is 0 Å². The Morgan fingerprint density at radius 1 is 1.33 bits per heavy atom. The average molecular weight is 292 g/mol. The van der Waals surface area contributed by atoms with Crippen LogP contribution in [0.5, 0.6) is 0 Å². The van der Waals surface area contributed by atoms with E-state index in [-0.39, 0.29) is 12.7 Å². The van der Waals surface area contributed by atoms with Crippen molar-refractivity contribution in [3.05, 3.63) is 29.3 Å². The Kier molecular flexibility index (Phi) is 7.76. The maximum Gasteiger partial charge on any atom is 0.0992 e. The number of ether oxygens (including phenoxy) is 2. The molecule has 116 valence electrons. The van der Waals surface area contributed by atoms with Crippen molar-refractivity contribution >= 4 is 5.69 Å². The van der Waals surface area contributed by atoms with Crippen LogP contribution in [0.3, 0.4) is 0 Å². The van der Waals surface area contributed by atoms with Gasteiger partial charge in [-0.25, -0.2) is 0 Å². The Morgan fingerprint density at radius 3 is 2.76 bits per heavy atom. The van der Waals surface area contributed by atoms with Crippen LogP contribution in [0, 0.1) is 18.3 Å². The Balaban J connectivity index is 2.27. The van der Waals surface area contributed by atoms with Gasteiger partial charge in [-0.1, -0.05) is 6.07 Å². The van der Waals surface area contributed by atoms with Crippen LogP contribution < -0.4 is 5.32 Å². The molecule has 2 N–H and O–H groups in total. The van der Waals surface area contributed by atoms with Gasteiger partial charge in [0.05, 0.1) is 43.7 Å². The molecule has 0 saturated carbocycles. The fourth-order valence-electron chi connectivity index (χ4n) is 1.73. The zero-order chi connectivity index (χ0) is 15.7. The first-order valence-corrected chi connectivity index (χ1v) is 7.15. The first kappa shape index (κ1) is 17.4. The second-order valence-electron chi connectivity index (χ2n) is 5.17. The van der Waals surface area contributed by atoms with E-state index >= 15 is 0 Å². The molecule has 1 rings (SSSR count). The summed E-state index contributed by atoms with van der Waals surface area (Å²) in [5, 5.41) is 21.9. The molecule has 0 fully saturated rings. The van der Waals surface area contributed by atoms with Crippen molar-refractivity contribution in [1.29, 1.82) is 5.26 Å². The Labute approximate surface area is 126 Å². The van der Waals surface area contributed by atoms with E-state index in [2.05, 4.69) is 11.4 Å². The van der Waals surface area contributed by atoms with Crippen molar-refractivity contribution in [1.82, 2.24) is 0 Å². The third-order valence-corrected chi connectivity index (χ3v) is 2.88.